The Morgan fingerprint density at radius 1 is 1.13 bits per heavy atom. The molecule has 0 aliphatic rings. The standard InChI is InChI=1S/C15H19/c1-4-7-10-13-15(12-9-6-3)14-11-8-5-2/h4-5,7-10,12-13,15H,11,14H2,1-2H3. The van der Waals surface area contributed by atoms with Gasteiger partial charge in [0, 0.05) is 0 Å². The van der Waals surface area contributed by atoms with Gasteiger partial charge in [-0.1, -0.05) is 48.5 Å². The van der Waals surface area contributed by atoms with Gasteiger partial charge in [-0.15, -0.1) is 0 Å². The second-order valence-corrected chi connectivity index (χ2v) is 3.22. The van der Waals surface area contributed by atoms with E-state index in [1.165, 1.54) is 0 Å². The maximum Gasteiger partial charge on any atom is -0.00380 e. The van der Waals surface area contributed by atoms with Crippen LogP contribution in [0.15, 0.2) is 48.6 Å². The van der Waals surface area contributed by atoms with Crippen LogP contribution in [0.4, 0.5) is 0 Å². The van der Waals surface area contributed by atoms with Crippen molar-refractivity contribution in [2.24, 2.45) is 5.92 Å². The summed E-state index contributed by atoms with van der Waals surface area (Å²) in [5, 5.41) is 0. The average molecular weight is 199 g/mol. The van der Waals surface area contributed by atoms with Crippen molar-refractivity contribution in [1.29, 1.82) is 0 Å². The maximum atomic E-state index is 6.83. The number of rotatable bonds is 6. The Balaban J connectivity index is 4.18. The Kier molecular flexibility index (Phi) is 9.55. The van der Waals surface area contributed by atoms with Gasteiger partial charge in [0.1, 0.15) is 0 Å². The average Bonchev–Trinajstić information content (AvgIpc) is 2.25. The summed E-state index contributed by atoms with van der Waals surface area (Å²) >= 11 is 0. The second-order valence-electron chi connectivity index (χ2n) is 3.22. The zero-order valence-corrected chi connectivity index (χ0v) is 9.61. The van der Waals surface area contributed by atoms with Crippen LogP contribution in [0.2, 0.25) is 0 Å². The molecule has 0 amide bonds. The molecule has 0 aromatic carbocycles. The molecule has 1 radical (unpaired) electrons. The Morgan fingerprint density at radius 3 is 2.53 bits per heavy atom. The molecule has 15 heavy (non-hydrogen) atoms. The van der Waals surface area contributed by atoms with E-state index in [1.54, 1.807) is 6.08 Å². The zero-order valence-electron chi connectivity index (χ0n) is 9.61. The number of hydrogen-bond acceptors (Lipinski definition) is 0. The summed E-state index contributed by atoms with van der Waals surface area (Å²) in [5.41, 5.74) is 0. The van der Waals surface area contributed by atoms with E-state index in [4.69, 9.17) is 6.42 Å². The van der Waals surface area contributed by atoms with E-state index in [0.717, 1.165) is 12.8 Å². The van der Waals surface area contributed by atoms with Crippen LogP contribution in [0.5, 0.6) is 0 Å². The Morgan fingerprint density at radius 2 is 1.93 bits per heavy atom. The van der Waals surface area contributed by atoms with Gasteiger partial charge >= 0.3 is 0 Å². The van der Waals surface area contributed by atoms with Crippen molar-refractivity contribution >= 4 is 0 Å². The van der Waals surface area contributed by atoms with Gasteiger partial charge in [0.15, 0.2) is 0 Å². The predicted molar refractivity (Wildman–Crippen MR) is 67.8 cm³/mol. The minimum atomic E-state index is 0.398. The molecule has 0 saturated heterocycles. The molecule has 0 aliphatic carbocycles. The molecule has 1 atom stereocenters. The predicted octanol–water partition coefficient (Wildman–Crippen LogP) is 4.24. The second kappa shape index (κ2) is 10.6. The molecule has 0 heterocycles. The molecular formula is C15H19. The molecule has 0 aliphatic heterocycles. The van der Waals surface area contributed by atoms with Gasteiger partial charge in [0.25, 0.3) is 0 Å². The molecule has 0 spiro atoms. The van der Waals surface area contributed by atoms with Crippen LogP contribution in [-0.4, -0.2) is 0 Å². The largest absolute Gasteiger partial charge is 0.0917 e. The van der Waals surface area contributed by atoms with Gasteiger partial charge in [-0.25, -0.2) is 0 Å². The highest BCUT2D eigenvalue weighted by Gasteiger charge is 1.96. The van der Waals surface area contributed by atoms with Crippen LogP contribution < -0.4 is 0 Å². The quantitative estimate of drug-likeness (QED) is 0.341. The first-order chi connectivity index (χ1) is 7.35. The van der Waals surface area contributed by atoms with Crippen LogP contribution in [0.3, 0.4) is 0 Å². The van der Waals surface area contributed by atoms with E-state index >= 15 is 0 Å². The van der Waals surface area contributed by atoms with Crippen molar-refractivity contribution in [2.75, 3.05) is 0 Å². The third-order valence-electron chi connectivity index (χ3n) is 1.99. The van der Waals surface area contributed by atoms with Crippen molar-refractivity contribution in [3.05, 3.63) is 55.0 Å². The van der Waals surface area contributed by atoms with Crippen molar-refractivity contribution < 1.29 is 0 Å². The molecule has 0 N–H and O–H groups in total. The first kappa shape index (κ1) is 13.5. The van der Waals surface area contributed by atoms with Crippen molar-refractivity contribution in [3.8, 4) is 5.92 Å². The van der Waals surface area contributed by atoms with Crippen LogP contribution in [0, 0.1) is 18.3 Å². The fraction of sp³-hybridized carbons (Fsp3) is 0.333. The van der Waals surface area contributed by atoms with E-state index in [-0.39, 0.29) is 0 Å². The molecule has 0 fully saturated rings. The summed E-state index contributed by atoms with van der Waals surface area (Å²) in [6.45, 7) is 4.03. The van der Waals surface area contributed by atoms with Gasteiger partial charge in [0.05, 0.1) is 0 Å². The molecule has 1 unspecified atom stereocenters. The van der Waals surface area contributed by atoms with E-state index in [2.05, 4.69) is 30.2 Å². The van der Waals surface area contributed by atoms with Gasteiger partial charge in [-0.3, -0.25) is 0 Å². The van der Waals surface area contributed by atoms with E-state index in [9.17, 15) is 0 Å². The lowest BCUT2D eigenvalue weighted by Gasteiger charge is -2.03. The lowest BCUT2D eigenvalue weighted by molar-refractivity contribution is 0.721. The van der Waals surface area contributed by atoms with E-state index in [1.807, 2.05) is 32.1 Å². The molecule has 79 valence electrons. The summed E-state index contributed by atoms with van der Waals surface area (Å²) in [4.78, 5) is 0. The third-order valence-corrected chi connectivity index (χ3v) is 1.99. The van der Waals surface area contributed by atoms with Crippen LogP contribution >= 0.6 is 0 Å². The first-order valence-electron chi connectivity index (χ1n) is 5.34. The molecule has 0 aromatic rings. The van der Waals surface area contributed by atoms with Crippen LogP contribution in [0.1, 0.15) is 26.7 Å². The van der Waals surface area contributed by atoms with E-state index < -0.39 is 0 Å². The number of hydrogen-bond donors (Lipinski definition) is 0. The van der Waals surface area contributed by atoms with Crippen LogP contribution in [0.25, 0.3) is 0 Å². The minimum Gasteiger partial charge on any atom is -0.0917 e. The Labute approximate surface area is 94.1 Å². The smallest absolute Gasteiger partial charge is 0.00380 e. The maximum absolute atomic E-state index is 6.83. The Hall–Kier alpha value is -1.48. The molecule has 0 aromatic heterocycles. The van der Waals surface area contributed by atoms with Crippen molar-refractivity contribution in [1.82, 2.24) is 0 Å². The normalized spacial score (nSPS) is 14.5. The molecule has 0 rings (SSSR count). The summed E-state index contributed by atoms with van der Waals surface area (Å²) in [7, 11) is 0. The SMILES string of the molecule is [C]#CC=CC(C=CC=CC)CCC=CC. The van der Waals surface area contributed by atoms with Gasteiger partial charge in [-0.2, -0.15) is 0 Å². The third kappa shape index (κ3) is 8.84. The van der Waals surface area contributed by atoms with Crippen molar-refractivity contribution in [3.63, 3.8) is 0 Å². The molecular weight excluding hydrogens is 180 g/mol. The summed E-state index contributed by atoms with van der Waals surface area (Å²) in [6.07, 6.45) is 25.1. The molecule has 0 saturated carbocycles. The first-order valence-corrected chi connectivity index (χ1v) is 5.34. The Bertz CT molecular complexity index is 282. The topological polar surface area (TPSA) is 0 Å². The lowest BCUT2D eigenvalue weighted by Crippen LogP contribution is -1.90. The zero-order chi connectivity index (χ0) is 11.4. The summed E-state index contributed by atoms with van der Waals surface area (Å²) in [6, 6.07) is 0. The molecule has 0 nitrogen and oxygen atoms in total. The highest BCUT2D eigenvalue weighted by Crippen LogP contribution is 2.11. The summed E-state index contributed by atoms with van der Waals surface area (Å²) < 4.78 is 0. The van der Waals surface area contributed by atoms with Gasteiger partial charge in [-0.05, 0) is 45.1 Å². The van der Waals surface area contributed by atoms with E-state index in [0.29, 0.717) is 5.92 Å². The molecule has 0 heteroatoms. The highest BCUT2D eigenvalue weighted by molar-refractivity contribution is 5.13. The van der Waals surface area contributed by atoms with Gasteiger partial charge < -0.3 is 0 Å². The van der Waals surface area contributed by atoms with Gasteiger partial charge in [0.2, 0.25) is 0 Å². The molecule has 0 bridgehead atoms. The number of allylic oxidation sites excluding steroid dienone is 8. The lowest BCUT2D eigenvalue weighted by atomic mass is 10.0. The van der Waals surface area contributed by atoms with Crippen molar-refractivity contribution in [2.45, 2.75) is 26.7 Å². The minimum absolute atomic E-state index is 0.398. The highest BCUT2D eigenvalue weighted by atomic mass is 14.0. The fourth-order valence-corrected chi connectivity index (χ4v) is 1.20. The van der Waals surface area contributed by atoms with Crippen LogP contribution in [-0.2, 0) is 0 Å². The monoisotopic (exact) mass is 199 g/mol. The summed E-state index contributed by atoms with van der Waals surface area (Å²) in [5.74, 6) is 2.68. The fourth-order valence-electron chi connectivity index (χ4n) is 1.20.